The van der Waals surface area contributed by atoms with Crippen LogP contribution in [0.25, 0.3) is 27.8 Å². The number of pyridine rings is 1. The molecule has 2 aromatic carbocycles. The maximum Gasteiger partial charge on any atom is 0.0796 e. The first-order valence-corrected chi connectivity index (χ1v) is 12.5. The van der Waals surface area contributed by atoms with Crippen molar-refractivity contribution in [3.8, 4) is 16.9 Å². The molecule has 2 aliphatic heterocycles. The van der Waals surface area contributed by atoms with Gasteiger partial charge >= 0.3 is 0 Å². The number of aromatic nitrogens is 2. The van der Waals surface area contributed by atoms with Crippen LogP contribution in [0.1, 0.15) is 30.0 Å². The number of piperidine rings is 1. The molecule has 4 aromatic rings. The Bertz CT molecular complexity index is 1240. The Labute approximate surface area is 201 Å². The minimum atomic E-state index is 0.665. The summed E-state index contributed by atoms with van der Waals surface area (Å²) < 4.78 is 7.98. The molecule has 6 rings (SSSR count). The van der Waals surface area contributed by atoms with E-state index in [0.717, 1.165) is 51.6 Å². The lowest BCUT2D eigenvalue weighted by atomic mass is 9.89. The maximum atomic E-state index is 5.58. The molecule has 2 aromatic heterocycles. The summed E-state index contributed by atoms with van der Waals surface area (Å²) in [6.07, 6.45) is 4.40. The Morgan fingerprint density at radius 3 is 2.44 bits per heavy atom. The molecule has 0 unspecified atom stereocenters. The third-order valence-corrected chi connectivity index (χ3v) is 7.30. The number of hydrogen-bond donors (Lipinski definition) is 1. The van der Waals surface area contributed by atoms with Crippen molar-refractivity contribution < 1.29 is 4.74 Å². The van der Waals surface area contributed by atoms with Gasteiger partial charge in [0.15, 0.2) is 0 Å². The molecule has 174 valence electrons. The first-order chi connectivity index (χ1) is 16.9. The molecule has 0 spiro atoms. The van der Waals surface area contributed by atoms with E-state index < -0.39 is 0 Å². The Kier molecular flexibility index (Phi) is 6.15. The van der Waals surface area contributed by atoms with E-state index in [4.69, 9.17) is 9.72 Å². The first kappa shape index (κ1) is 21.5. The zero-order chi connectivity index (χ0) is 22.7. The van der Waals surface area contributed by atoms with E-state index in [0.29, 0.717) is 5.92 Å². The van der Waals surface area contributed by atoms with Gasteiger partial charge in [0.2, 0.25) is 0 Å². The van der Waals surface area contributed by atoms with Crippen molar-refractivity contribution in [2.45, 2.75) is 25.3 Å². The highest BCUT2D eigenvalue weighted by atomic mass is 16.5. The SMILES string of the molecule is c1ccc(-n2c(CN3CCOCC3)cc3c(-c4ccc(C5CCNCC5)cc4)nccc32)cc1. The van der Waals surface area contributed by atoms with Crippen molar-refractivity contribution in [1.82, 2.24) is 19.8 Å². The van der Waals surface area contributed by atoms with Gasteiger partial charge in [-0.3, -0.25) is 9.88 Å². The molecule has 0 radical (unpaired) electrons. The van der Waals surface area contributed by atoms with Crippen LogP contribution in [0.3, 0.4) is 0 Å². The standard InChI is InChI=1S/C29H32N4O/c1-2-4-25(5-3-1)33-26(21-32-16-18-34-19-17-32)20-27-28(33)12-15-31-29(27)24-8-6-22(7-9-24)23-10-13-30-14-11-23/h1-9,12,15,20,23,30H,10-11,13-14,16-19,21H2. The van der Waals surface area contributed by atoms with Crippen molar-refractivity contribution in [1.29, 1.82) is 0 Å². The molecule has 2 saturated heterocycles. The molecular weight excluding hydrogens is 420 g/mol. The van der Waals surface area contributed by atoms with Gasteiger partial charge < -0.3 is 14.6 Å². The summed E-state index contributed by atoms with van der Waals surface area (Å²) >= 11 is 0. The monoisotopic (exact) mass is 452 g/mol. The topological polar surface area (TPSA) is 42.3 Å². The highest BCUT2D eigenvalue weighted by Crippen LogP contribution is 2.33. The Hall–Kier alpha value is -2.99. The number of rotatable bonds is 5. The second kappa shape index (κ2) is 9.71. The van der Waals surface area contributed by atoms with Crippen LogP contribution in [0.15, 0.2) is 72.9 Å². The summed E-state index contributed by atoms with van der Waals surface area (Å²) in [6, 6.07) is 24.3. The number of benzene rings is 2. The number of fused-ring (bicyclic) bond motifs is 1. The average Bonchev–Trinajstić information content (AvgIpc) is 3.28. The highest BCUT2D eigenvalue weighted by molar-refractivity contribution is 5.95. The van der Waals surface area contributed by atoms with Crippen molar-refractivity contribution in [2.75, 3.05) is 39.4 Å². The average molecular weight is 453 g/mol. The van der Waals surface area contributed by atoms with Crippen LogP contribution in [0.2, 0.25) is 0 Å². The van der Waals surface area contributed by atoms with Crippen molar-refractivity contribution in [3.63, 3.8) is 0 Å². The molecule has 0 amide bonds. The van der Waals surface area contributed by atoms with Crippen LogP contribution in [-0.2, 0) is 11.3 Å². The van der Waals surface area contributed by atoms with E-state index in [1.807, 2.05) is 6.20 Å². The molecule has 34 heavy (non-hydrogen) atoms. The number of nitrogens with zero attached hydrogens (tertiary/aromatic N) is 3. The summed E-state index contributed by atoms with van der Waals surface area (Å²) in [7, 11) is 0. The lowest BCUT2D eigenvalue weighted by Crippen LogP contribution is -2.36. The van der Waals surface area contributed by atoms with Crippen LogP contribution in [0.4, 0.5) is 0 Å². The van der Waals surface area contributed by atoms with Gasteiger partial charge in [0.1, 0.15) is 0 Å². The zero-order valence-corrected chi connectivity index (χ0v) is 19.6. The molecule has 2 aliphatic rings. The van der Waals surface area contributed by atoms with Crippen LogP contribution >= 0.6 is 0 Å². The lowest BCUT2D eigenvalue weighted by molar-refractivity contribution is 0.0335. The minimum absolute atomic E-state index is 0.665. The molecule has 5 nitrogen and oxygen atoms in total. The number of para-hydroxylation sites is 1. The smallest absolute Gasteiger partial charge is 0.0796 e. The maximum absolute atomic E-state index is 5.58. The second-order valence-electron chi connectivity index (χ2n) is 9.43. The summed E-state index contributed by atoms with van der Waals surface area (Å²) in [4.78, 5) is 7.34. The molecule has 0 atom stereocenters. The van der Waals surface area contributed by atoms with Crippen LogP contribution in [0, 0.1) is 0 Å². The number of nitrogens with one attached hydrogen (secondary N) is 1. The number of morpholine rings is 1. The molecule has 1 N–H and O–H groups in total. The molecule has 0 saturated carbocycles. The van der Waals surface area contributed by atoms with Gasteiger partial charge in [0.05, 0.1) is 24.4 Å². The van der Waals surface area contributed by atoms with Crippen LogP contribution in [-0.4, -0.2) is 53.8 Å². The molecule has 4 heterocycles. The molecule has 5 heteroatoms. The Morgan fingerprint density at radius 1 is 0.912 bits per heavy atom. The van der Waals surface area contributed by atoms with Gasteiger partial charge in [-0.1, -0.05) is 42.5 Å². The fourth-order valence-corrected chi connectivity index (χ4v) is 5.47. The minimum Gasteiger partial charge on any atom is -0.379 e. The fourth-order valence-electron chi connectivity index (χ4n) is 5.47. The van der Waals surface area contributed by atoms with E-state index in [1.165, 1.54) is 46.3 Å². The Morgan fingerprint density at radius 2 is 1.68 bits per heavy atom. The van der Waals surface area contributed by atoms with E-state index >= 15 is 0 Å². The molecular formula is C29H32N4O. The summed E-state index contributed by atoms with van der Waals surface area (Å²) in [5.74, 6) is 0.665. The van der Waals surface area contributed by atoms with Gasteiger partial charge in [-0.2, -0.15) is 0 Å². The number of ether oxygens (including phenoxy) is 1. The third kappa shape index (κ3) is 4.27. The molecule has 0 aliphatic carbocycles. The number of hydrogen-bond acceptors (Lipinski definition) is 4. The van der Waals surface area contributed by atoms with E-state index in [-0.39, 0.29) is 0 Å². The van der Waals surface area contributed by atoms with Gasteiger partial charge in [0, 0.05) is 48.2 Å². The fraction of sp³-hybridized carbons (Fsp3) is 0.345. The lowest BCUT2D eigenvalue weighted by Gasteiger charge is -2.27. The van der Waals surface area contributed by atoms with Gasteiger partial charge in [-0.25, -0.2) is 0 Å². The van der Waals surface area contributed by atoms with Gasteiger partial charge in [0.25, 0.3) is 0 Å². The molecule has 0 bridgehead atoms. The van der Waals surface area contributed by atoms with E-state index in [2.05, 4.69) is 81.5 Å². The highest BCUT2D eigenvalue weighted by Gasteiger charge is 2.19. The van der Waals surface area contributed by atoms with Crippen molar-refractivity contribution in [3.05, 3.63) is 84.2 Å². The van der Waals surface area contributed by atoms with Gasteiger partial charge in [-0.15, -0.1) is 0 Å². The van der Waals surface area contributed by atoms with Crippen molar-refractivity contribution in [2.24, 2.45) is 0 Å². The second-order valence-corrected chi connectivity index (χ2v) is 9.43. The van der Waals surface area contributed by atoms with Crippen molar-refractivity contribution >= 4 is 10.9 Å². The first-order valence-electron chi connectivity index (χ1n) is 12.5. The third-order valence-electron chi connectivity index (χ3n) is 7.30. The normalized spacial score (nSPS) is 17.9. The largest absolute Gasteiger partial charge is 0.379 e. The van der Waals surface area contributed by atoms with E-state index in [1.54, 1.807) is 0 Å². The summed E-state index contributed by atoms with van der Waals surface area (Å²) in [6.45, 7) is 6.70. The summed E-state index contributed by atoms with van der Waals surface area (Å²) in [5.41, 5.74) is 7.40. The predicted molar refractivity (Wildman–Crippen MR) is 137 cm³/mol. The van der Waals surface area contributed by atoms with E-state index in [9.17, 15) is 0 Å². The van der Waals surface area contributed by atoms with Gasteiger partial charge in [-0.05, 0) is 61.7 Å². The quantitative estimate of drug-likeness (QED) is 0.463. The zero-order valence-electron chi connectivity index (χ0n) is 19.6. The molecule has 2 fully saturated rings. The summed E-state index contributed by atoms with van der Waals surface area (Å²) in [5, 5.41) is 4.68. The van der Waals surface area contributed by atoms with Crippen LogP contribution in [0.5, 0.6) is 0 Å². The van der Waals surface area contributed by atoms with Crippen LogP contribution < -0.4 is 5.32 Å². The Balaban J connectivity index is 1.41. The predicted octanol–water partition coefficient (Wildman–Crippen LogP) is 4.99.